The summed E-state index contributed by atoms with van der Waals surface area (Å²) in [6, 6.07) is 22.7. The van der Waals surface area contributed by atoms with Crippen molar-refractivity contribution < 1.29 is 4.74 Å². The van der Waals surface area contributed by atoms with E-state index in [9.17, 15) is 5.26 Å². The number of ether oxygens (including phenoxy) is 1. The minimum absolute atomic E-state index is 0.0936. The lowest BCUT2D eigenvalue weighted by atomic mass is 10.0. The first-order chi connectivity index (χ1) is 18.8. The van der Waals surface area contributed by atoms with E-state index in [4.69, 9.17) is 9.84 Å². The molecule has 188 valence electrons. The number of nitriles is 1. The molecule has 1 fully saturated rings. The summed E-state index contributed by atoms with van der Waals surface area (Å²) >= 11 is 0. The zero-order valence-electron chi connectivity index (χ0n) is 21.0. The number of benzene rings is 3. The molecule has 0 radical (unpaired) electrons. The largest absolute Gasteiger partial charge is 0.356 e. The molecule has 4 heterocycles. The van der Waals surface area contributed by atoms with E-state index in [1.165, 1.54) is 11.1 Å². The van der Waals surface area contributed by atoms with Gasteiger partial charge in [0.2, 0.25) is 0 Å². The number of fused-ring (bicyclic) bond motifs is 2. The fraction of sp³-hybridized carbons (Fsp3) is 0.267. The van der Waals surface area contributed by atoms with Crippen LogP contribution < -0.4 is 5.32 Å². The third kappa shape index (κ3) is 4.06. The predicted molar refractivity (Wildman–Crippen MR) is 144 cm³/mol. The van der Waals surface area contributed by atoms with Gasteiger partial charge < -0.3 is 10.1 Å². The first kappa shape index (κ1) is 22.8. The Bertz CT molecular complexity index is 1670. The molecule has 0 amide bonds. The number of aromatic nitrogens is 5. The highest BCUT2D eigenvalue weighted by molar-refractivity contribution is 5.95. The summed E-state index contributed by atoms with van der Waals surface area (Å²) in [5.74, 6) is 0. The van der Waals surface area contributed by atoms with Crippen LogP contribution in [0.25, 0.3) is 39.1 Å². The molecule has 8 heteroatoms. The maximum absolute atomic E-state index is 9.18. The highest BCUT2D eigenvalue weighted by Crippen LogP contribution is 2.35. The highest BCUT2D eigenvalue weighted by atomic mass is 16.5. The van der Waals surface area contributed by atoms with Crippen LogP contribution in [0.2, 0.25) is 0 Å². The van der Waals surface area contributed by atoms with Gasteiger partial charge in [-0.1, -0.05) is 29.5 Å². The lowest BCUT2D eigenvalue weighted by Crippen LogP contribution is -2.23. The summed E-state index contributed by atoms with van der Waals surface area (Å²) in [5, 5.41) is 27.7. The molecule has 1 unspecified atom stereocenters. The molecule has 38 heavy (non-hydrogen) atoms. The molecule has 3 aromatic carbocycles. The Balaban J connectivity index is 1.32. The number of hydrogen-bond donors (Lipinski definition) is 1. The predicted octanol–water partition coefficient (Wildman–Crippen LogP) is 5.17. The number of nitrogens with zero attached hydrogens (tertiary/aromatic N) is 6. The zero-order valence-corrected chi connectivity index (χ0v) is 21.0. The second kappa shape index (κ2) is 9.53. The van der Waals surface area contributed by atoms with Crippen LogP contribution in [0.4, 0.5) is 0 Å². The van der Waals surface area contributed by atoms with E-state index in [1.54, 1.807) is 0 Å². The van der Waals surface area contributed by atoms with Crippen LogP contribution in [0.1, 0.15) is 42.2 Å². The second-order valence-corrected chi connectivity index (χ2v) is 9.96. The van der Waals surface area contributed by atoms with Gasteiger partial charge in [0, 0.05) is 18.5 Å². The topological polar surface area (TPSA) is 93.6 Å². The van der Waals surface area contributed by atoms with Gasteiger partial charge in [0.15, 0.2) is 6.23 Å². The van der Waals surface area contributed by atoms with Crippen LogP contribution in [0.3, 0.4) is 0 Å². The van der Waals surface area contributed by atoms with Crippen molar-refractivity contribution in [2.75, 3.05) is 13.2 Å². The second-order valence-electron chi connectivity index (χ2n) is 9.96. The van der Waals surface area contributed by atoms with E-state index >= 15 is 0 Å². The van der Waals surface area contributed by atoms with E-state index in [1.807, 2.05) is 39.8 Å². The lowest BCUT2D eigenvalue weighted by molar-refractivity contribution is -0.0365. The van der Waals surface area contributed by atoms with Crippen LogP contribution in [-0.2, 0) is 17.7 Å². The first-order valence-electron chi connectivity index (χ1n) is 13.2. The van der Waals surface area contributed by atoms with Gasteiger partial charge in [-0.05, 0) is 90.9 Å². The third-order valence-corrected chi connectivity index (χ3v) is 7.56. The van der Waals surface area contributed by atoms with Crippen molar-refractivity contribution in [3.8, 4) is 34.3 Å². The van der Waals surface area contributed by atoms with Crippen molar-refractivity contribution in [3.63, 3.8) is 0 Å². The molecule has 0 aliphatic carbocycles. The minimum atomic E-state index is -0.0936. The van der Waals surface area contributed by atoms with E-state index in [0.29, 0.717) is 5.56 Å². The smallest absolute Gasteiger partial charge is 0.150 e. The highest BCUT2D eigenvalue weighted by Gasteiger charge is 2.23. The molecular weight excluding hydrogens is 474 g/mol. The van der Waals surface area contributed by atoms with E-state index < -0.39 is 0 Å². The Kier molecular flexibility index (Phi) is 5.73. The molecule has 2 aliphatic rings. The molecule has 1 atom stereocenters. The normalized spacial score (nSPS) is 17.3. The molecule has 0 saturated carbocycles. The van der Waals surface area contributed by atoms with Gasteiger partial charge in [-0.2, -0.15) is 10.4 Å². The summed E-state index contributed by atoms with van der Waals surface area (Å²) < 4.78 is 9.95. The molecule has 0 bridgehead atoms. The van der Waals surface area contributed by atoms with E-state index in [-0.39, 0.29) is 6.23 Å². The monoisotopic (exact) mass is 501 g/mol. The Hall–Kier alpha value is -4.32. The van der Waals surface area contributed by atoms with Gasteiger partial charge in [-0.25, -0.2) is 9.36 Å². The molecule has 5 aromatic rings. The molecule has 2 aromatic heterocycles. The van der Waals surface area contributed by atoms with Crippen LogP contribution in [0.5, 0.6) is 0 Å². The van der Waals surface area contributed by atoms with Crippen molar-refractivity contribution >= 4 is 10.9 Å². The van der Waals surface area contributed by atoms with Crippen molar-refractivity contribution in [1.82, 2.24) is 30.1 Å². The zero-order chi connectivity index (χ0) is 25.5. The van der Waals surface area contributed by atoms with Gasteiger partial charge in [0.25, 0.3) is 0 Å². The molecule has 2 aliphatic heterocycles. The van der Waals surface area contributed by atoms with Crippen molar-refractivity contribution in [1.29, 1.82) is 5.26 Å². The average Bonchev–Trinajstić information content (AvgIpc) is 3.62. The minimum Gasteiger partial charge on any atom is -0.356 e. The molecular formula is C30H27N7O. The van der Waals surface area contributed by atoms with Gasteiger partial charge in [-0.3, -0.25) is 0 Å². The maximum atomic E-state index is 9.18. The van der Waals surface area contributed by atoms with Crippen LogP contribution in [0.15, 0.2) is 66.9 Å². The quantitative estimate of drug-likeness (QED) is 0.365. The van der Waals surface area contributed by atoms with Crippen LogP contribution in [-0.4, -0.2) is 37.9 Å². The van der Waals surface area contributed by atoms with Crippen molar-refractivity contribution in [2.24, 2.45) is 0 Å². The number of hydrogen-bond acceptors (Lipinski definition) is 6. The summed E-state index contributed by atoms with van der Waals surface area (Å²) in [6.45, 7) is 2.64. The Morgan fingerprint density at radius 3 is 2.71 bits per heavy atom. The van der Waals surface area contributed by atoms with Crippen molar-refractivity contribution in [3.05, 3.63) is 83.6 Å². The van der Waals surface area contributed by atoms with Crippen LogP contribution >= 0.6 is 0 Å². The van der Waals surface area contributed by atoms with Gasteiger partial charge >= 0.3 is 0 Å². The summed E-state index contributed by atoms with van der Waals surface area (Å²) in [7, 11) is 0. The molecule has 8 nitrogen and oxygen atoms in total. The molecule has 0 spiro atoms. The fourth-order valence-electron chi connectivity index (χ4n) is 5.49. The SMILES string of the molecule is N#Cc1ccc(-c2ccc3c(c2)c(-c2cn(-c4ccc5c(c4)CNCC5)nn2)nn3C2CCCCO2)cc1. The van der Waals surface area contributed by atoms with Gasteiger partial charge in [-0.15, -0.1) is 5.10 Å². The molecule has 7 rings (SSSR count). The standard InChI is InChI=1S/C30H27N7O/c31-17-20-4-6-21(7-5-20)23-9-11-28-26(16-23)30(34-37(28)29-3-1-2-14-38-29)27-19-36(35-33-27)25-10-8-22-12-13-32-18-24(22)15-25/h4-11,15-16,19,29,32H,1-3,12-14,18H2. The number of nitrogens with one attached hydrogen (secondary N) is 1. The first-order valence-corrected chi connectivity index (χ1v) is 13.2. The van der Waals surface area contributed by atoms with Crippen LogP contribution in [0, 0.1) is 11.3 Å². The average molecular weight is 502 g/mol. The van der Waals surface area contributed by atoms with Gasteiger partial charge in [0.1, 0.15) is 11.4 Å². The third-order valence-electron chi connectivity index (χ3n) is 7.56. The number of rotatable bonds is 4. The van der Waals surface area contributed by atoms with E-state index in [0.717, 1.165) is 84.5 Å². The molecule has 1 saturated heterocycles. The summed E-state index contributed by atoms with van der Waals surface area (Å²) in [5.41, 5.74) is 8.96. The fourth-order valence-corrected chi connectivity index (χ4v) is 5.49. The van der Waals surface area contributed by atoms with E-state index in [2.05, 4.69) is 58.1 Å². The van der Waals surface area contributed by atoms with Gasteiger partial charge in [0.05, 0.1) is 29.0 Å². The lowest BCUT2D eigenvalue weighted by Gasteiger charge is -2.23. The maximum Gasteiger partial charge on any atom is 0.150 e. The summed E-state index contributed by atoms with van der Waals surface area (Å²) in [4.78, 5) is 0. The summed E-state index contributed by atoms with van der Waals surface area (Å²) in [6.07, 6.45) is 6.05. The Morgan fingerprint density at radius 1 is 0.974 bits per heavy atom. The Morgan fingerprint density at radius 2 is 1.87 bits per heavy atom. The van der Waals surface area contributed by atoms with Crippen molar-refractivity contribution in [2.45, 2.75) is 38.5 Å². The Labute approximate surface area is 220 Å². The molecule has 1 N–H and O–H groups in total.